The van der Waals surface area contributed by atoms with Crippen LogP contribution in [0.2, 0.25) is 0 Å². The van der Waals surface area contributed by atoms with Gasteiger partial charge in [-0.3, -0.25) is 0 Å². The van der Waals surface area contributed by atoms with Gasteiger partial charge in [0.2, 0.25) is 0 Å². The molecule has 0 aromatic carbocycles. The molecule has 2 nitrogen and oxygen atoms in total. The Morgan fingerprint density at radius 1 is 1.12 bits per heavy atom. The van der Waals surface area contributed by atoms with Gasteiger partial charge in [-0.1, -0.05) is 39.5 Å². The summed E-state index contributed by atoms with van der Waals surface area (Å²) in [6.45, 7) is 8.81. The van der Waals surface area contributed by atoms with Crippen LogP contribution in [0.1, 0.15) is 72.1 Å². The lowest BCUT2D eigenvalue weighted by Crippen LogP contribution is -2.42. The monoisotopic (exact) mass is 241 g/mol. The standard InChI is InChI=1S/C15H31NO/c1-4-12-16-13-15(3,5-2)17-14-10-8-6-7-9-11-14/h14,16H,4-13H2,1-3H3. The second-order valence-corrected chi connectivity index (χ2v) is 5.71. The van der Waals surface area contributed by atoms with Gasteiger partial charge in [-0.05, 0) is 39.2 Å². The van der Waals surface area contributed by atoms with E-state index in [0.717, 1.165) is 19.5 Å². The highest BCUT2D eigenvalue weighted by atomic mass is 16.5. The number of rotatable bonds is 7. The largest absolute Gasteiger partial charge is 0.371 e. The van der Waals surface area contributed by atoms with Gasteiger partial charge in [0.15, 0.2) is 0 Å². The molecule has 1 fully saturated rings. The Hall–Kier alpha value is -0.0800. The van der Waals surface area contributed by atoms with E-state index in [1.54, 1.807) is 0 Å². The van der Waals surface area contributed by atoms with E-state index in [1.165, 1.54) is 44.9 Å². The molecule has 1 N–H and O–H groups in total. The predicted molar refractivity (Wildman–Crippen MR) is 74.4 cm³/mol. The Bertz CT molecular complexity index is 187. The fraction of sp³-hybridized carbons (Fsp3) is 1.00. The lowest BCUT2D eigenvalue weighted by Gasteiger charge is -2.33. The first-order valence-corrected chi connectivity index (χ1v) is 7.58. The highest BCUT2D eigenvalue weighted by Gasteiger charge is 2.27. The molecule has 0 radical (unpaired) electrons. The number of hydrogen-bond acceptors (Lipinski definition) is 2. The van der Waals surface area contributed by atoms with Crippen LogP contribution in [0.25, 0.3) is 0 Å². The zero-order valence-corrected chi connectivity index (χ0v) is 12.1. The maximum atomic E-state index is 6.39. The third-order valence-electron chi connectivity index (χ3n) is 3.93. The summed E-state index contributed by atoms with van der Waals surface area (Å²) in [4.78, 5) is 0. The average Bonchev–Trinajstić information content (AvgIpc) is 2.58. The average molecular weight is 241 g/mol. The molecule has 0 aromatic heterocycles. The lowest BCUT2D eigenvalue weighted by atomic mass is 10.0. The summed E-state index contributed by atoms with van der Waals surface area (Å²) in [5.41, 5.74) is 0.0319. The normalized spacial score (nSPS) is 22.1. The van der Waals surface area contributed by atoms with Crippen LogP contribution in [-0.4, -0.2) is 24.8 Å². The summed E-state index contributed by atoms with van der Waals surface area (Å²) in [6, 6.07) is 0. The van der Waals surface area contributed by atoms with E-state index >= 15 is 0 Å². The van der Waals surface area contributed by atoms with Gasteiger partial charge in [0.05, 0.1) is 11.7 Å². The zero-order chi connectivity index (χ0) is 12.6. The first-order valence-electron chi connectivity index (χ1n) is 7.58. The Labute approximate surface area is 108 Å². The van der Waals surface area contributed by atoms with Gasteiger partial charge in [0.1, 0.15) is 0 Å². The Balaban J connectivity index is 2.36. The van der Waals surface area contributed by atoms with E-state index in [-0.39, 0.29) is 5.60 Å². The molecule has 0 aromatic rings. The maximum Gasteiger partial charge on any atom is 0.0779 e. The third-order valence-corrected chi connectivity index (χ3v) is 3.93. The number of nitrogens with one attached hydrogen (secondary N) is 1. The smallest absolute Gasteiger partial charge is 0.0779 e. The minimum Gasteiger partial charge on any atom is -0.371 e. The highest BCUT2D eigenvalue weighted by Crippen LogP contribution is 2.25. The van der Waals surface area contributed by atoms with Gasteiger partial charge in [-0.2, -0.15) is 0 Å². The van der Waals surface area contributed by atoms with Crippen molar-refractivity contribution in [3.63, 3.8) is 0 Å². The van der Waals surface area contributed by atoms with Crippen LogP contribution in [0.15, 0.2) is 0 Å². The second-order valence-electron chi connectivity index (χ2n) is 5.71. The van der Waals surface area contributed by atoms with E-state index in [9.17, 15) is 0 Å². The van der Waals surface area contributed by atoms with Crippen LogP contribution >= 0.6 is 0 Å². The molecular weight excluding hydrogens is 210 g/mol. The van der Waals surface area contributed by atoms with E-state index in [1.807, 2.05) is 0 Å². The maximum absolute atomic E-state index is 6.39. The Morgan fingerprint density at radius 2 is 1.76 bits per heavy atom. The SMILES string of the molecule is CCCNCC(C)(CC)OC1CCCCCC1. The minimum absolute atomic E-state index is 0.0319. The predicted octanol–water partition coefficient (Wildman–Crippen LogP) is 3.89. The summed E-state index contributed by atoms with van der Waals surface area (Å²) in [5, 5.41) is 3.51. The summed E-state index contributed by atoms with van der Waals surface area (Å²) in [6.07, 6.45) is 10.8. The molecule has 1 atom stereocenters. The summed E-state index contributed by atoms with van der Waals surface area (Å²) in [7, 11) is 0. The molecule has 1 unspecified atom stereocenters. The lowest BCUT2D eigenvalue weighted by molar-refractivity contribution is -0.0881. The molecule has 0 bridgehead atoms. The van der Waals surface area contributed by atoms with Crippen molar-refractivity contribution in [2.24, 2.45) is 0 Å². The fourth-order valence-electron chi connectivity index (χ4n) is 2.54. The second kappa shape index (κ2) is 8.10. The molecule has 0 amide bonds. The van der Waals surface area contributed by atoms with Gasteiger partial charge in [0.25, 0.3) is 0 Å². The van der Waals surface area contributed by atoms with E-state index < -0.39 is 0 Å². The Kier molecular flexibility index (Phi) is 7.14. The van der Waals surface area contributed by atoms with Crippen molar-refractivity contribution < 1.29 is 4.74 Å². The quantitative estimate of drug-likeness (QED) is 0.539. The van der Waals surface area contributed by atoms with Crippen LogP contribution in [0, 0.1) is 0 Å². The highest BCUT2D eigenvalue weighted by molar-refractivity contribution is 4.79. The first kappa shape index (κ1) is 15.0. The molecule has 1 saturated carbocycles. The Morgan fingerprint density at radius 3 is 2.29 bits per heavy atom. The van der Waals surface area contributed by atoms with Crippen molar-refractivity contribution in [3.8, 4) is 0 Å². The molecule has 1 aliphatic carbocycles. The van der Waals surface area contributed by atoms with Crippen molar-refractivity contribution in [3.05, 3.63) is 0 Å². The van der Waals surface area contributed by atoms with Crippen LogP contribution in [-0.2, 0) is 4.74 Å². The van der Waals surface area contributed by atoms with Gasteiger partial charge < -0.3 is 10.1 Å². The molecule has 102 valence electrons. The molecular formula is C15H31NO. The van der Waals surface area contributed by atoms with Crippen molar-refractivity contribution in [1.82, 2.24) is 5.32 Å². The van der Waals surface area contributed by atoms with Gasteiger partial charge >= 0.3 is 0 Å². The minimum atomic E-state index is 0.0319. The number of ether oxygens (including phenoxy) is 1. The van der Waals surface area contributed by atoms with Crippen LogP contribution in [0.4, 0.5) is 0 Å². The zero-order valence-electron chi connectivity index (χ0n) is 12.1. The van der Waals surface area contributed by atoms with Crippen LogP contribution < -0.4 is 5.32 Å². The molecule has 1 aliphatic rings. The molecule has 1 rings (SSSR count). The fourth-order valence-corrected chi connectivity index (χ4v) is 2.54. The van der Waals surface area contributed by atoms with Gasteiger partial charge in [-0.25, -0.2) is 0 Å². The van der Waals surface area contributed by atoms with E-state index in [0.29, 0.717) is 6.10 Å². The van der Waals surface area contributed by atoms with Crippen molar-refractivity contribution >= 4 is 0 Å². The first-order chi connectivity index (χ1) is 8.20. The van der Waals surface area contributed by atoms with Gasteiger partial charge in [0, 0.05) is 6.54 Å². The summed E-state index contributed by atoms with van der Waals surface area (Å²) >= 11 is 0. The van der Waals surface area contributed by atoms with Gasteiger partial charge in [-0.15, -0.1) is 0 Å². The van der Waals surface area contributed by atoms with E-state index in [2.05, 4.69) is 26.1 Å². The van der Waals surface area contributed by atoms with Crippen molar-refractivity contribution in [2.75, 3.05) is 13.1 Å². The molecule has 0 saturated heterocycles. The van der Waals surface area contributed by atoms with Crippen molar-refractivity contribution in [2.45, 2.75) is 83.8 Å². The third kappa shape index (κ3) is 5.87. The number of hydrogen-bond donors (Lipinski definition) is 1. The molecule has 0 heterocycles. The molecule has 0 aliphatic heterocycles. The summed E-state index contributed by atoms with van der Waals surface area (Å²) in [5.74, 6) is 0. The van der Waals surface area contributed by atoms with Crippen molar-refractivity contribution in [1.29, 1.82) is 0 Å². The van der Waals surface area contributed by atoms with E-state index in [4.69, 9.17) is 4.74 Å². The molecule has 0 spiro atoms. The summed E-state index contributed by atoms with van der Waals surface area (Å²) < 4.78 is 6.39. The molecule has 17 heavy (non-hydrogen) atoms. The topological polar surface area (TPSA) is 21.3 Å². The van der Waals surface area contributed by atoms with Crippen LogP contribution in [0.5, 0.6) is 0 Å². The van der Waals surface area contributed by atoms with Crippen LogP contribution in [0.3, 0.4) is 0 Å². The molecule has 2 heteroatoms.